The molecule has 0 aliphatic rings. The van der Waals surface area contributed by atoms with E-state index in [-0.39, 0.29) is 90.6 Å². The van der Waals surface area contributed by atoms with E-state index in [1.54, 1.807) is 0 Å². The van der Waals surface area contributed by atoms with E-state index in [0.29, 0.717) is 0 Å². The summed E-state index contributed by atoms with van der Waals surface area (Å²) in [7, 11) is 0. The third kappa shape index (κ3) is 474. The maximum absolute atomic E-state index is 8.80. The molecule has 0 aromatic carbocycles. The number of rotatable bonds is 0. The molecule has 15 heteroatoms. The quantitative estimate of drug-likeness (QED) is 0.275. The van der Waals surface area contributed by atoms with Crippen molar-refractivity contribution in [1.82, 2.24) is 0 Å². The molecule has 0 bridgehead atoms. The monoisotopic (exact) mass is 434 g/mol. The number of hydrogen-bond acceptors (Lipinski definition) is 4. The van der Waals surface area contributed by atoms with Crippen LogP contribution in [0.15, 0.2) is 0 Å². The van der Waals surface area contributed by atoms with Gasteiger partial charge in [0, 0.05) is 50.0 Å². The van der Waals surface area contributed by atoms with E-state index in [1.165, 1.54) is 0 Å². The molecule has 98 valence electrons. The summed E-state index contributed by atoms with van der Waals surface area (Å²) in [5.41, 5.74) is 0. The molecule has 0 saturated carbocycles. The van der Waals surface area contributed by atoms with Gasteiger partial charge in [-0.3, -0.25) is 0 Å². The number of hydrogen-bond donors (Lipinski definition) is 4. The molecule has 0 aliphatic heterocycles. The fraction of sp³-hybridized carbons (Fsp3) is 0. The van der Waals surface area contributed by atoms with Crippen LogP contribution in [0.3, 0.4) is 0 Å². The Hall–Kier alpha value is 2.78. The molecule has 0 fully saturated rings. The van der Waals surface area contributed by atoms with E-state index in [1.807, 2.05) is 0 Å². The van der Waals surface area contributed by atoms with Gasteiger partial charge in [0.15, 0.2) is 0 Å². The second-order valence-corrected chi connectivity index (χ2v) is 3.42. The standard InChI is InChI=1S/2Co.2Li.2Mn.Ni.4H2O.4O.2H/h;;;;;;;4*1H2;;;;;;/q;;2*+1;2*+2;;;;;;;;;;2*-1/p-4. The van der Waals surface area contributed by atoms with Crippen molar-refractivity contribution in [2.24, 2.45) is 0 Å². The van der Waals surface area contributed by atoms with Crippen LogP contribution in [-0.4, -0.2) is 16.8 Å². The van der Waals surface area contributed by atoms with E-state index in [0.717, 1.165) is 0 Å². The van der Waals surface area contributed by atoms with Gasteiger partial charge >= 0.3 is 96.6 Å². The van der Waals surface area contributed by atoms with E-state index in [2.05, 4.69) is 0 Å². The molecule has 0 aromatic heterocycles. The Morgan fingerprint density at radius 3 is 0.667 bits per heavy atom. The average Bonchev–Trinajstić information content (AvgIpc) is 1.12. The van der Waals surface area contributed by atoms with Crippen LogP contribution in [0.5, 0.6) is 0 Å². The topological polar surface area (TPSA) is 149 Å². The SMILES string of the molecule is [Co].[Co].[H-].[H-].[Li+].[Li+].[Ni].[O]=[Mn](=[O])([OH])[OH].[O]=[Mn](=[O])([OH])[OH]. The van der Waals surface area contributed by atoms with Gasteiger partial charge in [-0.15, -0.1) is 0 Å². The van der Waals surface area contributed by atoms with Crippen LogP contribution in [0.4, 0.5) is 0 Å². The fourth-order valence-electron chi connectivity index (χ4n) is 0. The Kier molecular flexibility index (Phi) is 54.9. The molecule has 0 aromatic rings. The van der Waals surface area contributed by atoms with Gasteiger partial charge in [-0.05, 0) is 0 Å². The van der Waals surface area contributed by atoms with Crippen molar-refractivity contribution in [3.63, 3.8) is 0 Å². The van der Waals surface area contributed by atoms with Crippen molar-refractivity contribution in [1.29, 1.82) is 0 Å². The zero-order valence-electron chi connectivity index (χ0n) is 9.16. The summed E-state index contributed by atoms with van der Waals surface area (Å²) < 4.78 is 63.6. The van der Waals surface area contributed by atoms with Gasteiger partial charge in [0.1, 0.15) is 0 Å². The summed E-state index contributed by atoms with van der Waals surface area (Å²) in [5.74, 6) is 0. The molecule has 2 radical (unpaired) electrons. The predicted octanol–water partition coefficient (Wildman–Crippen LogP) is -8.48. The summed E-state index contributed by atoms with van der Waals surface area (Å²) in [5, 5.41) is 0. The van der Waals surface area contributed by atoms with Crippen LogP contribution in [0.1, 0.15) is 2.85 Å². The van der Waals surface area contributed by atoms with Gasteiger partial charge in [-0.1, -0.05) is 0 Å². The van der Waals surface area contributed by atoms with E-state index < -0.39 is 26.7 Å². The molecule has 0 atom stereocenters. The predicted molar refractivity (Wildman–Crippen MR) is 13.8 cm³/mol. The molecule has 15 heavy (non-hydrogen) atoms. The Morgan fingerprint density at radius 1 is 0.667 bits per heavy atom. The van der Waals surface area contributed by atoms with Gasteiger partial charge in [-0.25, -0.2) is 0 Å². The molecule has 4 N–H and O–H groups in total. The summed E-state index contributed by atoms with van der Waals surface area (Å²) in [4.78, 5) is 0. The van der Waals surface area contributed by atoms with E-state index in [4.69, 9.17) is 32.1 Å². The van der Waals surface area contributed by atoms with Crippen molar-refractivity contribution in [2.45, 2.75) is 0 Å². The van der Waals surface area contributed by atoms with Crippen LogP contribution < -0.4 is 37.7 Å². The zero-order valence-corrected chi connectivity index (χ0v) is 12.6. The van der Waals surface area contributed by atoms with Crippen LogP contribution >= 0.6 is 0 Å². The van der Waals surface area contributed by atoms with Crippen molar-refractivity contribution in [3.8, 4) is 0 Å². The molecule has 0 rings (SSSR count). The molecule has 0 amide bonds. The molecule has 0 heterocycles. The fourth-order valence-corrected chi connectivity index (χ4v) is 0. The maximum atomic E-state index is 8.80. The average molecular weight is 434 g/mol. The Morgan fingerprint density at radius 2 is 0.667 bits per heavy atom. The first-order valence-electron chi connectivity index (χ1n) is 1.29. The Labute approximate surface area is 148 Å². The van der Waals surface area contributed by atoms with E-state index in [9.17, 15) is 0 Å². The van der Waals surface area contributed by atoms with Crippen LogP contribution in [0.25, 0.3) is 0 Å². The van der Waals surface area contributed by atoms with Gasteiger partial charge in [0.05, 0.1) is 0 Å². The van der Waals surface area contributed by atoms with E-state index >= 15 is 0 Å². The minimum absolute atomic E-state index is 0. The van der Waals surface area contributed by atoms with Crippen LogP contribution in [0.2, 0.25) is 0 Å². The minimum atomic E-state index is -5.12. The summed E-state index contributed by atoms with van der Waals surface area (Å²) in [6.07, 6.45) is 0. The normalized spacial score (nSPS) is 7.73. The van der Waals surface area contributed by atoms with Crippen LogP contribution in [0, 0.1) is 0 Å². The summed E-state index contributed by atoms with van der Waals surface area (Å²) >= 11 is -10.2. The Bertz CT molecular complexity index is 234. The summed E-state index contributed by atoms with van der Waals surface area (Å²) in [6, 6.07) is 0. The van der Waals surface area contributed by atoms with Gasteiger partial charge in [0.2, 0.25) is 0 Å². The van der Waals surface area contributed by atoms with Crippen molar-refractivity contribution in [3.05, 3.63) is 0 Å². The molecule has 8 nitrogen and oxygen atoms in total. The first-order chi connectivity index (χ1) is 4.00. The molecule has 0 spiro atoms. The summed E-state index contributed by atoms with van der Waals surface area (Å²) in [6.45, 7) is 0. The van der Waals surface area contributed by atoms with Crippen molar-refractivity contribution >= 4 is 0 Å². The van der Waals surface area contributed by atoms with Gasteiger partial charge in [0.25, 0.3) is 0 Å². The third-order valence-corrected chi connectivity index (χ3v) is 0. The van der Waals surface area contributed by atoms with Gasteiger partial charge < -0.3 is 2.85 Å². The molecule has 0 unspecified atom stereocenters. The molecule has 0 aliphatic carbocycles. The van der Waals surface area contributed by atoms with Crippen molar-refractivity contribution in [2.75, 3.05) is 0 Å². The zero-order chi connectivity index (χ0) is 9.00. The molecular formula is H6Co2Li2Mn2NiO8. The molecule has 0 saturated heterocycles. The van der Waals surface area contributed by atoms with Crippen LogP contribution in [-0.2, 0) is 92.1 Å². The first-order valence-corrected chi connectivity index (χ1v) is 5.33. The molecular weight excluding hydrogens is 428 g/mol. The van der Waals surface area contributed by atoms with Crippen molar-refractivity contribution < 1.29 is 149 Å². The second-order valence-electron chi connectivity index (χ2n) is 0.829. The first kappa shape index (κ1) is 43.1. The van der Waals surface area contributed by atoms with Gasteiger partial charge in [-0.2, -0.15) is 0 Å². The Balaban J connectivity index is -0.00000000762. The second kappa shape index (κ2) is 19.1. The third-order valence-electron chi connectivity index (χ3n) is 0.